The molecule has 0 spiro atoms. The summed E-state index contributed by atoms with van der Waals surface area (Å²) in [6.45, 7) is 7.06. The molecule has 8 nitrogen and oxygen atoms in total. The first-order valence-corrected chi connectivity index (χ1v) is 10.3. The van der Waals surface area contributed by atoms with Gasteiger partial charge >= 0.3 is 12.1 Å². The zero-order valence-corrected chi connectivity index (χ0v) is 18.2. The molecule has 0 aliphatic carbocycles. The van der Waals surface area contributed by atoms with Crippen LogP contribution in [-0.4, -0.2) is 52.1 Å². The summed E-state index contributed by atoms with van der Waals surface area (Å²) in [6, 6.07) is 7.11. The Morgan fingerprint density at radius 3 is 2.80 bits per heavy atom. The fourth-order valence-electron chi connectivity index (χ4n) is 3.15. The highest BCUT2D eigenvalue weighted by Gasteiger charge is 2.25. The van der Waals surface area contributed by atoms with Crippen LogP contribution in [0.4, 0.5) is 15.3 Å². The molecule has 2 heterocycles. The van der Waals surface area contributed by atoms with Crippen LogP contribution in [0.25, 0.3) is 0 Å². The van der Waals surface area contributed by atoms with Crippen molar-refractivity contribution in [1.29, 1.82) is 0 Å². The summed E-state index contributed by atoms with van der Waals surface area (Å²) in [5.74, 6) is 0.862. The lowest BCUT2D eigenvalue weighted by atomic mass is 9.99. The lowest BCUT2D eigenvalue weighted by molar-refractivity contribution is 0.0514. The molecule has 1 aromatic heterocycles. The first kappa shape index (κ1) is 22.0. The number of urea groups is 1. The summed E-state index contributed by atoms with van der Waals surface area (Å²) >= 11 is 6.13. The number of amides is 2. The number of carbonyl (C=O) groups excluding carboxylic acids is 2. The van der Waals surface area contributed by atoms with E-state index >= 15 is 0 Å². The molecule has 2 aromatic rings. The molecule has 0 radical (unpaired) electrons. The van der Waals surface area contributed by atoms with Crippen molar-refractivity contribution < 1.29 is 19.1 Å². The number of anilines is 1. The van der Waals surface area contributed by atoms with Crippen LogP contribution in [0.5, 0.6) is 5.75 Å². The summed E-state index contributed by atoms with van der Waals surface area (Å²) in [6.07, 6.45) is 4.13. The van der Waals surface area contributed by atoms with E-state index in [1.807, 2.05) is 18.2 Å². The van der Waals surface area contributed by atoms with Gasteiger partial charge in [-0.2, -0.15) is 9.78 Å². The van der Waals surface area contributed by atoms with Crippen molar-refractivity contribution in [3.63, 3.8) is 0 Å². The van der Waals surface area contributed by atoms with Crippen molar-refractivity contribution in [2.45, 2.75) is 39.2 Å². The SMILES string of the molecule is CC(C)(C)OC(=O)n1cc(NC(=O)N2CCCC(COc3ccccc3Cl)C2)cn1. The number of ether oxygens (including phenoxy) is 2. The van der Waals surface area contributed by atoms with Gasteiger partial charge in [0.2, 0.25) is 0 Å². The van der Waals surface area contributed by atoms with E-state index in [1.54, 1.807) is 31.7 Å². The van der Waals surface area contributed by atoms with Gasteiger partial charge in [0.05, 0.1) is 29.7 Å². The molecule has 2 amide bonds. The molecule has 1 N–H and O–H groups in total. The highest BCUT2D eigenvalue weighted by atomic mass is 35.5. The van der Waals surface area contributed by atoms with Gasteiger partial charge in [-0.1, -0.05) is 23.7 Å². The summed E-state index contributed by atoms with van der Waals surface area (Å²) in [4.78, 5) is 26.4. The molecule has 1 fully saturated rings. The van der Waals surface area contributed by atoms with E-state index in [4.69, 9.17) is 21.1 Å². The van der Waals surface area contributed by atoms with E-state index in [0.717, 1.165) is 17.5 Å². The number of halogens is 1. The first-order valence-electron chi connectivity index (χ1n) is 9.92. The Morgan fingerprint density at radius 2 is 2.07 bits per heavy atom. The molecule has 30 heavy (non-hydrogen) atoms. The third kappa shape index (κ3) is 6.13. The fourth-order valence-corrected chi connectivity index (χ4v) is 3.34. The van der Waals surface area contributed by atoms with Crippen LogP contribution >= 0.6 is 11.6 Å². The molecular weight excluding hydrogens is 408 g/mol. The molecule has 9 heteroatoms. The number of likely N-dealkylation sites (tertiary alicyclic amines) is 1. The molecule has 3 rings (SSSR count). The Balaban J connectivity index is 1.52. The molecule has 1 unspecified atom stereocenters. The standard InChI is InChI=1S/C21H27ClN4O4/c1-21(2,3)30-20(28)26-13-16(11-23-26)24-19(27)25-10-6-7-15(12-25)14-29-18-9-5-4-8-17(18)22/h4-5,8-9,11,13,15H,6-7,10,12,14H2,1-3H3,(H,24,27). The van der Waals surface area contributed by atoms with Gasteiger partial charge in [-0.05, 0) is 45.7 Å². The van der Waals surface area contributed by atoms with Crippen molar-refractivity contribution in [3.8, 4) is 5.75 Å². The van der Waals surface area contributed by atoms with Crippen LogP contribution in [0.15, 0.2) is 36.7 Å². The molecule has 1 aromatic carbocycles. The number of para-hydroxylation sites is 1. The van der Waals surface area contributed by atoms with Gasteiger partial charge in [0.25, 0.3) is 0 Å². The normalized spacial score (nSPS) is 16.8. The van der Waals surface area contributed by atoms with Crippen molar-refractivity contribution in [2.24, 2.45) is 5.92 Å². The zero-order chi connectivity index (χ0) is 21.7. The average molecular weight is 435 g/mol. The number of hydrogen-bond acceptors (Lipinski definition) is 5. The Hall–Kier alpha value is -2.74. The predicted octanol–water partition coefficient (Wildman–Crippen LogP) is 4.64. The predicted molar refractivity (Wildman–Crippen MR) is 114 cm³/mol. The third-order valence-electron chi connectivity index (χ3n) is 4.53. The molecule has 0 bridgehead atoms. The molecule has 1 saturated heterocycles. The van der Waals surface area contributed by atoms with E-state index in [0.29, 0.717) is 36.2 Å². The van der Waals surface area contributed by atoms with Gasteiger partial charge in [0.15, 0.2) is 0 Å². The van der Waals surface area contributed by atoms with E-state index in [9.17, 15) is 9.59 Å². The Bertz CT molecular complexity index is 893. The third-order valence-corrected chi connectivity index (χ3v) is 4.84. The maximum absolute atomic E-state index is 12.6. The van der Waals surface area contributed by atoms with Gasteiger partial charge < -0.3 is 19.7 Å². The first-order chi connectivity index (χ1) is 14.2. The number of aromatic nitrogens is 2. The minimum atomic E-state index is -0.624. The molecule has 1 aliphatic heterocycles. The summed E-state index contributed by atoms with van der Waals surface area (Å²) in [7, 11) is 0. The van der Waals surface area contributed by atoms with Gasteiger partial charge in [0.1, 0.15) is 11.4 Å². The molecule has 1 atom stereocenters. The van der Waals surface area contributed by atoms with Gasteiger partial charge in [0, 0.05) is 19.0 Å². The van der Waals surface area contributed by atoms with E-state index in [-0.39, 0.29) is 11.9 Å². The van der Waals surface area contributed by atoms with Gasteiger partial charge in [-0.25, -0.2) is 9.59 Å². The second-order valence-electron chi connectivity index (χ2n) is 8.28. The number of benzene rings is 1. The lowest BCUT2D eigenvalue weighted by Gasteiger charge is -2.32. The maximum Gasteiger partial charge on any atom is 0.435 e. The van der Waals surface area contributed by atoms with Gasteiger partial charge in [-0.15, -0.1) is 0 Å². The van der Waals surface area contributed by atoms with Crippen molar-refractivity contribution in [3.05, 3.63) is 41.7 Å². The number of rotatable bonds is 4. The zero-order valence-electron chi connectivity index (χ0n) is 17.4. The molecule has 0 saturated carbocycles. The lowest BCUT2D eigenvalue weighted by Crippen LogP contribution is -2.43. The highest BCUT2D eigenvalue weighted by Crippen LogP contribution is 2.25. The van der Waals surface area contributed by atoms with Crippen LogP contribution in [-0.2, 0) is 4.74 Å². The van der Waals surface area contributed by atoms with Crippen LogP contribution in [0.1, 0.15) is 33.6 Å². The maximum atomic E-state index is 12.6. The second-order valence-corrected chi connectivity index (χ2v) is 8.69. The van der Waals surface area contributed by atoms with Crippen LogP contribution in [0, 0.1) is 5.92 Å². The van der Waals surface area contributed by atoms with Crippen LogP contribution < -0.4 is 10.1 Å². The highest BCUT2D eigenvalue weighted by molar-refractivity contribution is 6.32. The smallest absolute Gasteiger partial charge is 0.435 e. The van der Waals surface area contributed by atoms with Crippen LogP contribution in [0.3, 0.4) is 0 Å². The summed E-state index contributed by atoms with van der Waals surface area (Å²) < 4.78 is 12.2. The minimum absolute atomic E-state index is 0.213. The van der Waals surface area contributed by atoms with E-state index in [1.165, 1.54) is 12.4 Å². The molecule has 162 valence electrons. The monoisotopic (exact) mass is 434 g/mol. The Morgan fingerprint density at radius 1 is 1.30 bits per heavy atom. The average Bonchev–Trinajstić information content (AvgIpc) is 3.15. The Labute approximate surface area is 181 Å². The molecule has 1 aliphatic rings. The van der Waals surface area contributed by atoms with Crippen LogP contribution in [0.2, 0.25) is 5.02 Å². The fraction of sp³-hybridized carbons (Fsp3) is 0.476. The number of nitrogens with zero attached hydrogens (tertiary/aromatic N) is 3. The summed E-state index contributed by atoms with van der Waals surface area (Å²) in [5.41, 5.74) is -0.193. The largest absolute Gasteiger partial charge is 0.492 e. The quantitative estimate of drug-likeness (QED) is 0.757. The van der Waals surface area contributed by atoms with Crippen molar-refractivity contribution in [2.75, 3.05) is 25.0 Å². The van der Waals surface area contributed by atoms with E-state index < -0.39 is 11.7 Å². The molecular formula is C21H27ClN4O4. The van der Waals surface area contributed by atoms with Crippen molar-refractivity contribution in [1.82, 2.24) is 14.7 Å². The summed E-state index contributed by atoms with van der Waals surface area (Å²) in [5, 5.41) is 7.32. The topological polar surface area (TPSA) is 85.7 Å². The minimum Gasteiger partial charge on any atom is -0.492 e. The second kappa shape index (κ2) is 9.38. The van der Waals surface area contributed by atoms with Crippen molar-refractivity contribution >= 4 is 29.4 Å². The number of carbonyl (C=O) groups is 2. The Kier molecular flexibility index (Phi) is 6.87. The number of piperidine rings is 1. The number of nitrogens with one attached hydrogen (secondary N) is 1. The van der Waals surface area contributed by atoms with E-state index in [2.05, 4.69) is 10.4 Å². The number of hydrogen-bond donors (Lipinski definition) is 1. The van der Waals surface area contributed by atoms with Gasteiger partial charge in [-0.3, -0.25) is 0 Å².